The molecule has 0 aliphatic heterocycles. The molecule has 0 radical (unpaired) electrons. The van der Waals surface area contributed by atoms with Gasteiger partial charge >= 0.3 is 5.97 Å². The van der Waals surface area contributed by atoms with Gasteiger partial charge in [0.05, 0.1) is 0 Å². The predicted molar refractivity (Wildman–Crippen MR) is 98.3 cm³/mol. The zero-order chi connectivity index (χ0) is 18.9. The second-order valence-corrected chi connectivity index (χ2v) is 9.55. The quantitative estimate of drug-likeness (QED) is 0.740. The van der Waals surface area contributed by atoms with Crippen LogP contribution >= 0.6 is 0 Å². The number of fused-ring (bicyclic) bond motifs is 5. The van der Waals surface area contributed by atoms with Gasteiger partial charge in [-0.2, -0.15) is 0 Å². The number of carboxylic acids is 1. The van der Waals surface area contributed by atoms with Gasteiger partial charge in [0.25, 0.3) is 0 Å². The first-order chi connectivity index (χ1) is 12.2. The maximum absolute atomic E-state index is 12.1. The number of hydrogen-bond acceptors (Lipinski definition) is 3. The number of aliphatic hydroxyl groups is 1. The van der Waals surface area contributed by atoms with Crippen molar-refractivity contribution in [3.05, 3.63) is 23.8 Å². The zero-order valence-corrected chi connectivity index (χ0v) is 15.9. The molecule has 4 nitrogen and oxygen atoms in total. The van der Waals surface area contributed by atoms with E-state index in [2.05, 4.69) is 32.9 Å². The van der Waals surface area contributed by atoms with E-state index in [9.17, 15) is 19.8 Å². The van der Waals surface area contributed by atoms with Gasteiger partial charge in [0, 0.05) is 12.3 Å². The van der Waals surface area contributed by atoms with Crippen LogP contribution in [0.5, 0.6) is 0 Å². The van der Waals surface area contributed by atoms with Crippen molar-refractivity contribution in [3.8, 4) is 0 Å². The average Bonchev–Trinajstić information content (AvgIpc) is 2.92. The van der Waals surface area contributed by atoms with Crippen LogP contribution < -0.4 is 0 Å². The summed E-state index contributed by atoms with van der Waals surface area (Å²) < 4.78 is 0. The molecule has 2 saturated carbocycles. The Balaban J connectivity index is 1.73. The molecule has 4 aliphatic carbocycles. The molecule has 0 aromatic heterocycles. The van der Waals surface area contributed by atoms with Crippen molar-refractivity contribution in [2.24, 2.45) is 40.4 Å². The number of allylic oxidation sites excluding steroid dienone is 4. The van der Waals surface area contributed by atoms with Crippen molar-refractivity contribution in [1.29, 1.82) is 0 Å². The standard InChI is InChI=1S/C22H30O4/c1-12-10-14(23)11-13-4-5-15-16-6-7-18(19(24)20(25)26)21(16,2)9-8-17(15)22(12,13)3/h8-9,11-12,15-19,24H,4-7,10H2,1-3H3,(H,25,26)/t12?,15-,16-,17-,18+,19?,21-,22-/m0/s1. The maximum atomic E-state index is 12.1. The Morgan fingerprint density at radius 2 is 2.00 bits per heavy atom. The lowest BCUT2D eigenvalue weighted by molar-refractivity contribution is -0.152. The minimum absolute atomic E-state index is 0.0259. The van der Waals surface area contributed by atoms with Crippen molar-refractivity contribution in [2.45, 2.75) is 59.0 Å². The first-order valence-electron chi connectivity index (χ1n) is 10.0. The molecule has 0 aromatic carbocycles. The normalized spacial score (nSPS) is 48.2. The Bertz CT molecular complexity index is 707. The Kier molecular flexibility index (Phi) is 4.00. The molecule has 8 atom stereocenters. The average molecular weight is 358 g/mol. The lowest BCUT2D eigenvalue weighted by Gasteiger charge is -2.57. The summed E-state index contributed by atoms with van der Waals surface area (Å²) in [6.45, 7) is 6.69. The van der Waals surface area contributed by atoms with Crippen LogP contribution in [-0.4, -0.2) is 28.1 Å². The molecule has 0 heterocycles. The van der Waals surface area contributed by atoms with Crippen LogP contribution in [0.25, 0.3) is 0 Å². The van der Waals surface area contributed by atoms with Crippen LogP contribution in [-0.2, 0) is 9.59 Å². The summed E-state index contributed by atoms with van der Waals surface area (Å²) in [5.74, 6) is 0.611. The highest BCUT2D eigenvalue weighted by atomic mass is 16.4. The minimum atomic E-state index is -1.29. The van der Waals surface area contributed by atoms with Crippen LogP contribution in [0.4, 0.5) is 0 Å². The predicted octanol–water partition coefficient (Wildman–Crippen LogP) is 3.60. The van der Waals surface area contributed by atoms with Crippen molar-refractivity contribution in [2.75, 3.05) is 0 Å². The van der Waals surface area contributed by atoms with Crippen LogP contribution in [0.15, 0.2) is 23.8 Å². The highest BCUT2D eigenvalue weighted by molar-refractivity contribution is 5.92. The fourth-order valence-corrected chi connectivity index (χ4v) is 7.02. The summed E-state index contributed by atoms with van der Waals surface area (Å²) in [5, 5.41) is 19.6. The summed E-state index contributed by atoms with van der Waals surface area (Å²) in [6.07, 6.45) is 9.57. The summed E-state index contributed by atoms with van der Waals surface area (Å²) in [5.41, 5.74) is 1.10. The lowest BCUT2D eigenvalue weighted by Crippen LogP contribution is -2.51. The smallest absolute Gasteiger partial charge is 0.332 e. The third-order valence-corrected chi connectivity index (χ3v) is 8.66. The van der Waals surface area contributed by atoms with Crippen LogP contribution in [0.3, 0.4) is 0 Å². The number of ketones is 1. The molecule has 142 valence electrons. The van der Waals surface area contributed by atoms with Gasteiger partial charge < -0.3 is 10.2 Å². The molecule has 4 rings (SSSR count). The molecular weight excluding hydrogens is 328 g/mol. The van der Waals surface area contributed by atoms with Gasteiger partial charge in [-0.05, 0) is 66.3 Å². The monoisotopic (exact) mass is 358 g/mol. The van der Waals surface area contributed by atoms with E-state index in [-0.39, 0.29) is 22.5 Å². The number of carbonyl (C=O) groups excluding carboxylic acids is 1. The van der Waals surface area contributed by atoms with E-state index in [1.54, 1.807) is 0 Å². The molecule has 4 aliphatic rings. The molecule has 4 heteroatoms. The number of hydrogen-bond donors (Lipinski definition) is 2. The van der Waals surface area contributed by atoms with Gasteiger partial charge in [0.2, 0.25) is 0 Å². The Labute approximate surface area is 155 Å². The summed E-state index contributed by atoms with van der Waals surface area (Å²) in [6, 6.07) is 0. The number of carbonyl (C=O) groups is 2. The number of rotatable bonds is 2. The third kappa shape index (κ3) is 2.24. The van der Waals surface area contributed by atoms with Gasteiger partial charge in [-0.25, -0.2) is 4.79 Å². The SMILES string of the molecule is CC1CC(=O)C=C2CC[C@H]3[C@@H]4CC[C@H](C(O)C(=O)O)[C@@]4(C)C=C[C@@H]3[C@]21C. The number of aliphatic hydroxyl groups excluding tert-OH is 1. The third-order valence-electron chi connectivity index (χ3n) is 8.66. The molecule has 2 N–H and O–H groups in total. The Morgan fingerprint density at radius 1 is 1.27 bits per heavy atom. The zero-order valence-electron chi connectivity index (χ0n) is 15.9. The highest BCUT2D eigenvalue weighted by Crippen LogP contribution is 2.65. The van der Waals surface area contributed by atoms with Crippen LogP contribution in [0.1, 0.15) is 52.9 Å². The van der Waals surface area contributed by atoms with E-state index in [4.69, 9.17) is 0 Å². The van der Waals surface area contributed by atoms with Gasteiger partial charge in [-0.3, -0.25) is 4.79 Å². The molecule has 0 spiro atoms. The van der Waals surface area contributed by atoms with Crippen molar-refractivity contribution in [1.82, 2.24) is 0 Å². The largest absolute Gasteiger partial charge is 0.479 e. The summed E-state index contributed by atoms with van der Waals surface area (Å²) in [7, 11) is 0. The fourth-order valence-electron chi connectivity index (χ4n) is 7.02. The summed E-state index contributed by atoms with van der Waals surface area (Å²) in [4.78, 5) is 23.5. The van der Waals surface area contributed by atoms with Gasteiger partial charge in [-0.1, -0.05) is 38.5 Å². The van der Waals surface area contributed by atoms with E-state index in [1.807, 2.05) is 6.08 Å². The maximum Gasteiger partial charge on any atom is 0.332 e. The van der Waals surface area contributed by atoms with E-state index < -0.39 is 12.1 Å². The van der Waals surface area contributed by atoms with Crippen molar-refractivity contribution < 1.29 is 19.8 Å². The molecule has 2 fully saturated rings. The molecule has 0 aromatic rings. The number of carboxylic acid groups (broad SMARTS) is 1. The second kappa shape index (κ2) is 5.79. The van der Waals surface area contributed by atoms with Gasteiger partial charge in [0.15, 0.2) is 11.9 Å². The van der Waals surface area contributed by atoms with E-state index >= 15 is 0 Å². The molecule has 26 heavy (non-hydrogen) atoms. The minimum Gasteiger partial charge on any atom is -0.479 e. The van der Waals surface area contributed by atoms with Crippen LogP contribution in [0, 0.1) is 40.4 Å². The first-order valence-corrected chi connectivity index (χ1v) is 10.0. The molecule has 0 amide bonds. The molecule has 0 saturated heterocycles. The van der Waals surface area contributed by atoms with Crippen molar-refractivity contribution in [3.63, 3.8) is 0 Å². The second-order valence-electron chi connectivity index (χ2n) is 9.55. The lowest BCUT2D eigenvalue weighted by atomic mass is 9.47. The first kappa shape index (κ1) is 18.0. The highest BCUT2D eigenvalue weighted by Gasteiger charge is 2.59. The fraction of sp³-hybridized carbons (Fsp3) is 0.727. The Morgan fingerprint density at radius 3 is 2.69 bits per heavy atom. The van der Waals surface area contributed by atoms with E-state index in [1.165, 1.54) is 5.57 Å². The van der Waals surface area contributed by atoms with Gasteiger partial charge in [-0.15, -0.1) is 0 Å². The van der Waals surface area contributed by atoms with E-state index in [0.29, 0.717) is 30.1 Å². The topological polar surface area (TPSA) is 74.6 Å². The van der Waals surface area contributed by atoms with Crippen LogP contribution in [0.2, 0.25) is 0 Å². The summed E-state index contributed by atoms with van der Waals surface area (Å²) >= 11 is 0. The van der Waals surface area contributed by atoms with Gasteiger partial charge in [0.1, 0.15) is 0 Å². The Hall–Kier alpha value is -1.42. The van der Waals surface area contributed by atoms with Crippen molar-refractivity contribution >= 4 is 11.8 Å². The van der Waals surface area contributed by atoms with E-state index in [0.717, 1.165) is 25.7 Å². The molecular formula is C22H30O4. The molecule has 0 bridgehead atoms. The molecule has 2 unspecified atom stereocenters. The number of aliphatic carboxylic acids is 1.